The molecule has 1 N–H and O–H groups in total. The van der Waals surface area contributed by atoms with Crippen LogP contribution in [0.25, 0.3) is 0 Å². The van der Waals surface area contributed by atoms with Gasteiger partial charge in [-0.05, 0) is 31.2 Å². The number of rotatable bonds is 7. The largest absolute Gasteiger partial charge is 0.494 e. The molecule has 2 aromatic rings. The average molecular weight is 374 g/mol. The van der Waals surface area contributed by atoms with Gasteiger partial charge in [0.1, 0.15) is 11.5 Å². The number of nitrogens with one attached hydrogen (secondary N) is 1. The highest BCUT2D eigenvalue weighted by atomic mass is 16.6. The number of carbonyl (C=O) groups excluding carboxylic acids is 2. The first-order chi connectivity index (χ1) is 12.8. The van der Waals surface area contributed by atoms with E-state index in [1.54, 1.807) is 18.2 Å². The summed E-state index contributed by atoms with van der Waals surface area (Å²) in [5.41, 5.74) is 0.403. The number of amides is 1. The Labute approximate surface area is 155 Å². The van der Waals surface area contributed by atoms with Crippen molar-refractivity contribution in [2.75, 3.05) is 19.5 Å². The molecule has 1 atom stereocenters. The molecule has 27 heavy (non-hydrogen) atoms. The van der Waals surface area contributed by atoms with Crippen LogP contribution in [-0.4, -0.2) is 37.1 Å². The standard InChI is InChI=1S/C18H18N2O7/c1-11(27-14-6-4-5-12(9-14)18(22)26-3)17(21)19-15-8-7-13(20(23)24)10-16(15)25-2/h4-11H,1-3H3,(H,19,21)/t11-/m0/s1. The zero-order valence-corrected chi connectivity index (χ0v) is 14.9. The highest BCUT2D eigenvalue weighted by Gasteiger charge is 2.19. The number of hydrogen-bond donors (Lipinski definition) is 1. The number of non-ortho nitro benzene ring substituents is 1. The minimum Gasteiger partial charge on any atom is -0.494 e. The summed E-state index contributed by atoms with van der Waals surface area (Å²) in [5.74, 6) is -0.549. The van der Waals surface area contributed by atoms with Crippen molar-refractivity contribution in [1.82, 2.24) is 0 Å². The summed E-state index contributed by atoms with van der Waals surface area (Å²) >= 11 is 0. The number of nitrogens with zero attached hydrogens (tertiary/aromatic N) is 1. The molecule has 9 heteroatoms. The molecule has 0 radical (unpaired) electrons. The topological polar surface area (TPSA) is 117 Å². The number of nitro benzene ring substituents is 1. The van der Waals surface area contributed by atoms with E-state index in [-0.39, 0.29) is 17.1 Å². The van der Waals surface area contributed by atoms with Gasteiger partial charge in [-0.15, -0.1) is 0 Å². The summed E-state index contributed by atoms with van der Waals surface area (Å²) in [6, 6.07) is 10.1. The Kier molecular flexibility index (Phi) is 6.32. The van der Waals surface area contributed by atoms with E-state index in [1.807, 2.05) is 0 Å². The Balaban J connectivity index is 2.10. The lowest BCUT2D eigenvalue weighted by atomic mass is 10.2. The molecule has 0 fully saturated rings. The molecule has 0 aliphatic carbocycles. The van der Waals surface area contributed by atoms with Crippen LogP contribution < -0.4 is 14.8 Å². The highest BCUT2D eigenvalue weighted by molar-refractivity contribution is 5.95. The van der Waals surface area contributed by atoms with E-state index in [0.717, 1.165) is 0 Å². The van der Waals surface area contributed by atoms with Gasteiger partial charge in [-0.2, -0.15) is 0 Å². The zero-order valence-electron chi connectivity index (χ0n) is 14.9. The van der Waals surface area contributed by atoms with Crippen LogP contribution in [0.1, 0.15) is 17.3 Å². The Morgan fingerprint density at radius 2 is 1.89 bits per heavy atom. The van der Waals surface area contributed by atoms with Gasteiger partial charge >= 0.3 is 5.97 Å². The molecule has 0 aromatic heterocycles. The number of anilines is 1. The zero-order chi connectivity index (χ0) is 20.0. The molecule has 0 unspecified atom stereocenters. The SMILES string of the molecule is COC(=O)c1cccc(O[C@@H](C)C(=O)Nc2ccc([N+](=O)[O-])cc2OC)c1. The first-order valence-electron chi connectivity index (χ1n) is 7.84. The summed E-state index contributed by atoms with van der Waals surface area (Å²) in [6.07, 6.45) is -0.905. The van der Waals surface area contributed by atoms with Crippen molar-refractivity contribution in [3.05, 3.63) is 58.1 Å². The first-order valence-corrected chi connectivity index (χ1v) is 7.84. The van der Waals surface area contributed by atoms with E-state index in [9.17, 15) is 19.7 Å². The van der Waals surface area contributed by atoms with E-state index in [4.69, 9.17) is 9.47 Å². The predicted molar refractivity (Wildman–Crippen MR) is 96.1 cm³/mol. The number of carbonyl (C=O) groups is 2. The normalized spacial score (nSPS) is 11.2. The van der Waals surface area contributed by atoms with Crippen LogP contribution in [0.4, 0.5) is 11.4 Å². The molecular formula is C18H18N2O7. The minimum absolute atomic E-state index is 0.150. The van der Waals surface area contributed by atoms with Crippen LogP contribution in [-0.2, 0) is 9.53 Å². The summed E-state index contributed by atoms with van der Waals surface area (Å²) in [6.45, 7) is 1.53. The second-order valence-corrected chi connectivity index (χ2v) is 5.41. The minimum atomic E-state index is -0.905. The maximum atomic E-state index is 12.4. The third kappa shape index (κ3) is 4.94. The molecule has 0 aliphatic rings. The fraction of sp³-hybridized carbons (Fsp3) is 0.222. The lowest BCUT2D eigenvalue weighted by Gasteiger charge is -2.16. The van der Waals surface area contributed by atoms with Crippen LogP contribution in [0.5, 0.6) is 11.5 Å². The van der Waals surface area contributed by atoms with Crippen molar-refractivity contribution in [3.63, 3.8) is 0 Å². The van der Waals surface area contributed by atoms with Gasteiger partial charge in [0.05, 0.1) is 36.5 Å². The summed E-state index contributed by atoms with van der Waals surface area (Å²) in [5, 5.41) is 13.4. The molecule has 1 amide bonds. The van der Waals surface area contributed by atoms with Gasteiger partial charge in [-0.3, -0.25) is 14.9 Å². The van der Waals surface area contributed by atoms with Crippen LogP contribution in [0.15, 0.2) is 42.5 Å². The predicted octanol–water partition coefficient (Wildman–Crippen LogP) is 2.80. The molecule has 0 saturated heterocycles. The highest BCUT2D eigenvalue weighted by Crippen LogP contribution is 2.29. The van der Waals surface area contributed by atoms with Gasteiger partial charge in [0.2, 0.25) is 0 Å². The second-order valence-electron chi connectivity index (χ2n) is 5.41. The Hall–Kier alpha value is -3.62. The molecule has 2 rings (SSSR count). The molecule has 0 spiro atoms. The van der Waals surface area contributed by atoms with Gasteiger partial charge < -0.3 is 19.5 Å². The maximum Gasteiger partial charge on any atom is 0.337 e. The van der Waals surface area contributed by atoms with Gasteiger partial charge in [0, 0.05) is 6.07 Å². The fourth-order valence-corrected chi connectivity index (χ4v) is 2.20. The van der Waals surface area contributed by atoms with Crippen molar-refractivity contribution in [3.8, 4) is 11.5 Å². The molecule has 142 valence electrons. The number of esters is 1. The van der Waals surface area contributed by atoms with Gasteiger partial charge in [0.15, 0.2) is 6.10 Å². The molecule has 2 aromatic carbocycles. The number of ether oxygens (including phenoxy) is 3. The Bertz CT molecular complexity index is 867. The molecule has 9 nitrogen and oxygen atoms in total. The number of nitro groups is 1. The third-order valence-electron chi connectivity index (χ3n) is 3.59. The van der Waals surface area contributed by atoms with Crippen LogP contribution >= 0.6 is 0 Å². The van der Waals surface area contributed by atoms with Crippen molar-refractivity contribution < 1.29 is 28.7 Å². The van der Waals surface area contributed by atoms with E-state index < -0.39 is 22.9 Å². The second kappa shape index (κ2) is 8.65. The lowest BCUT2D eigenvalue weighted by molar-refractivity contribution is -0.384. The first kappa shape index (κ1) is 19.7. The molecule has 0 aliphatic heterocycles. The van der Waals surface area contributed by atoms with Crippen molar-refractivity contribution in [2.45, 2.75) is 13.0 Å². The summed E-state index contributed by atoms with van der Waals surface area (Å²) in [4.78, 5) is 34.2. The number of benzene rings is 2. The van der Waals surface area contributed by atoms with Gasteiger partial charge in [-0.25, -0.2) is 4.79 Å². The molecule has 0 saturated carbocycles. The number of hydrogen-bond acceptors (Lipinski definition) is 7. The van der Waals surface area contributed by atoms with E-state index in [0.29, 0.717) is 11.3 Å². The average Bonchev–Trinajstić information content (AvgIpc) is 2.67. The Morgan fingerprint density at radius 3 is 2.52 bits per heavy atom. The van der Waals surface area contributed by atoms with Crippen LogP contribution in [0, 0.1) is 10.1 Å². The van der Waals surface area contributed by atoms with E-state index in [1.165, 1.54) is 45.4 Å². The summed E-state index contributed by atoms with van der Waals surface area (Å²) in [7, 11) is 2.61. The van der Waals surface area contributed by atoms with Crippen molar-refractivity contribution in [1.29, 1.82) is 0 Å². The van der Waals surface area contributed by atoms with Crippen molar-refractivity contribution >= 4 is 23.3 Å². The molecular weight excluding hydrogens is 356 g/mol. The third-order valence-corrected chi connectivity index (χ3v) is 3.59. The lowest BCUT2D eigenvalue weighted by Crippen LogP contribution is -2.30. The Morgan fingerprint density at radius 1 is 1.15 bits per heavy atom. The maximum absolute atomic E-state index is 12.4. The van der Waals surface area contributed by atoms with E-state index in [2.05, 4.69) is 10.1 Å². The summed E-state index contributed by atoms with van der Waals surface area (Å²) < 4.78 is 15.3. The quantitative estimate of drug-likeness (QED) is 0.450. The van der Waals surface area contributed by atoms with Crippen molar-refractivity contribution in [2.24, 2.45) is 0 Å². The smallest absolute Gasteiger partial charge is 0.337 e. The van der Waals surface area contributed by atoms with Gasteiger partial charge in [0.25, 0.3) is 11.6 Å². The van der Waals surface area contributed by atoms with Gasteiger partial charge in [-0.1, -0.05) is 6.07 Å². The fourth-order valence-electron chi connectivity index (χ4n) is 2.20. The monoisotopic (exact) mass is 374 g/mol. The van der Waals surface area contributed by atoms with Crippen LogP contribution in [0.2, 0.25) is 0 Å². The molecule has 0 bridgehead atoms. The molecule has 0 heterocycles. The van der Waals surface area contributed by atoms with E-state index >= 15 is 0 Å². The van der Waals surface area contributed by atoms with Crippen LogP contribution in [0.3, 0.4) is 0 Å². The number of methoxy groups -OCH3 is 2.